The van der Waals surface area contributed by atoms with Gasteiger partial charge in [-0.25, -0.2) is 4.79 Å². The maximum Gasteiger partial charge on any atom is 0.340 e. The number of ether oxygens (including phenoxy) is 1. The highest BCUT2D eigenvalue weighted by Gasteiger charge is 2.31. The summed E-state index contributed by atoms with van der Waals surface area (Å²) in [6.07, 6.45) is 0. The molecule has 166 valence electrons. The van der Waals surface area contributed by atoms with E-state index in [0.29, 0.717) is 10.6 Å². The van der Waals surface area contributed by atoms with Gasteiger partial charge in [-0.2, -0.15) is 0 Å². The van der Waals surface area contributed by atoms with Crippen LogP contribution in [-0.4, -0.2) is 5.97 Å². The molecule has 0 amide bonds. The summed E-state index contributed by atoms with van der Waals surface area (Å²) in [6, 6.07) is 34.7. The summed E-state index contributed by atoms with van der Waals surface area (Å²) in [5.74, 6) is -0.432. The molecular formula is C28H23ClIO2S+. The standard InChI is InChI=1S/C28H23ClIO2S/c1-28(2,32-27(31)25-18-15-21(30)19-26(25)29)20-13-16-24(17-14-20)33(22-9-5-3-6-10-22)23-11-7-4-8-12-23/h3-19H,1-2H3/q+1. The number of esters is 1. The van der Waals surface area contributed by atoms with Crippen molar-refractivity contribution in [1.82, 2.24) is 0 Å². The van der Waals surface area contributed by atoms with E-state index in [9.17, 15) is 4.79 Å². The van der Waals surface area contributed by atoms with Crippen molar-refractivity contribution in [3.8, 4) is 0 Å². The van der Waals surface area contributed by atoms with Gasteiger partial charge in [0.25, 0.3) is 0 Å². The largest absolute Gasteiger partial charge is 0.451 e. The fourth-order valence-corrected chi connectivity index (χ4v) is 6.53. The molecule has 0 spiro atoms. The molecule has 0 aromatic heterocycles. The second kappa shape index (κ2) is 10.3. The van der Waals surface area contributed by atoms with Crippen LogP contribution in [0.25, 0.3) is 0 Å². The second-order valence-corrected chi connectivity index (χ2v) is 11.7. The van der Waals surface area contributed by atoms with E-state index >= 15 is 0 Å². The summed E-state index contributed by atoms with van der Waals surface area (Å²) >= 11 is 8.43. The first-order valence-corrected chi connectivity index (χ1v) is 13.2. The molecule has 0 radical (unpaired) electrons. The van der Waals surface area contributed by atoms with Crippen LogP contribution in [0, 0.1) is 3.57 Å². The van der Waals surface area contributed by atoms with Crippen molar-refractivity contribution in [3.63, 3.8) is 0 Å². The Labute approximate surface area is 216 Å². The maximum atomic E-state index is 12.8. The molecule has 0 aliphatic carbocycles. The van der Waals surface area contributed by atoms with E-state index in [0.717, 1.165) is 9.13 Å². The van der Waals surface area contributed by atoms with Gasteiger partial charge >= 0.3 is 5.97 Å². The van der Waals surface area contributed by atoms with Gasteiger partial charge in [0.15, 0.2) is 14.7 Å². The fourth-order valence-electron chi connectivity index (χ4n) is 3.51. The Morgan fingerprint density at radius 3 is 1.82 bits per heavy atom. The maximum absolute atomic E-state index is 12.8. The highest BCUT2D eigenvalue weighted by molar-refractivity contribution is 14.1. The molecule has 0 aliphatic heterocycles. The van der Waals surface area contributed by atoms with Crippen LogP contribution in [0.15, 0.2) is 118 Å². The van der Waals surface area contributed by atoms with Gasteiger partial charge in [-0.05, 0) is 96.6 Å². The van der Waals surface area contributed by atoms with E-state index in [2.05, 4.69) is 83.3 Å². The van der Waals surface area contributed by atoms with Gasteiger partial charge < -0.3 is 4.74 Å². The summed E-state index contributed by atoms with van der Waals surface area (Å²) in [4.78, 5) is 16.5. The van der Waals surface area contributed by atoms with Crippen LogP contribution in [0.3, 0.4) is 0 Å². The minimum Gasteiger partial charge on any atom is -0.451 e. The molecule has 4 aromatic carbocycles. The van der Waals surface area contributed by atoms with Crippen LogP contribution in [0.4, 0.5) is 0 Å². The molecule has 0 fully saturated rings. The van der Waals surface area contributed by atoms with Crippen molar-refractivity contribution in [2.45, 2.75) is 34.1 Å². The fraction of sp³-hybridized carbons (Fsp3) is 0.107. The lowest BCUT2D eigenvalue weighted by Gasteiger charge is -2.26. The number of halogens is 2. The zero-order valence-electron chi connectivity index (χ0n) is 18.3. The van der Waals surface area contributed by atoms with Gasteiger partial charge in [0.1, 0.15) is 5.60 Å². The quantitative estimate of drug-likeness (QED) is 0.130. The van der Waals surface area contributed by atoms with Gasteiger partial charge in [-0.1, -0.05) is 60.1 Å². The SMILES string of the molecule is CC(C)(OC(=O)c1ccc(I)cc1Cl)c1ccc([S+](c2ccccc2)c2ccccc2)cc1. The first-order chi connectivity index (χ1) is 15.8. The number of rotatable bonds is 6. The highest BCUT2D eigenvalue weighted by atomic mass is 127. The zero-order valence-corrected chi connectivity index (χ0v) is 22.0. The van der Waals surface area contributed by atoms with E-state index in [1.807, 2.05) is 44.2 Å². The number of hydrogen-bond donors (Lipinski definition) is 0. The monoisotopic (exact) mass is 585 g/mol. The third-order valence-electron chi connectivity index (χ3n) is 5.24. The minimum atomic E-state index is -0.806. The summed E-state index contributed by atoms with van der Waals surface area (Å²) in [7, 11) is -0.221. The van der Waals surface area contributed by atoms with Crippen LogP contribution in [-0.2, 0) is 21.2 Å². The van der Waals surface area contributed by atoms with Crippen LogP contribution in [0.2, 0.25) is 5.02 Å². The number of benzene rings is 4. The molecule has 0 saturated heterocycles. The molecule has 33 heavy (non-hydrogen) atoms. The molecule has 0 bridgehead atoms. The Morgan fingerprint density at radius 1 is 0.788 bits per heavy atom. The molecule has 5 heteroatoms. The smallest absolute Gasteiger partial charge is 0.340 e. The van der Waals surface area contributed by atoms with Crippen molar-refractivity contribution in [2.24, 2.45) is 0 Å². The van der Waals surface area contributed by atoms with Crippen molar-refractivity contribution in [2.75, 3.05) is 0 Å². The van der Waals surface area contributed by atoms with Crippen molar-refractivity contribution in [3.05, 3.63) is 123 Å². The van der Waals surface area contributed by atoms with E-state index in [-0.39, 0.29) is 10.9 Å². The Morgan fingerprint density at radius 2 is 1.30 bits per heavy atom. The van der Waals surface area contributed by atoms with E-state index in [4.69, 9.17) is 16.3 Å². The van der Waals surface area contributed by atoms with E-state index in [1.165, 1.54) is 14.7 Å². The predicted octanol–water partition coefficient (Wildman–Crippen LogP) is 8.13. The summed E-state index contributed by atoms with van der Waals surface area (Å²) in [5.41, 5.74) is 0.488. The van der Waals surface area contributed by atoms with Crippen LogP contribution >= 0.6 is 34.2 Å². The lowest BCUT2D eigenvalue weighted by Crippen LogP contribution is -2.26. The first kappa shape index (κ1) is 23.9. The Balaban J connectivity index is 1.61. The second-order valence-electron chi connectivity index (χ2n) is 7.98. The lowest BCUT2D eigenvalue weighted by molar-refractivity contribution is -0.00312. The van der Waals surface area contributed by atoms with E-state index < -0.39 is 11.6 Å². The normalized spacial score (nSPS) is 11.4. The van der Waals surface area contributed by atoms with Crippen molar-refractivity contribution < 1.29 is 9.53 Å². The third kappa shape index (κ3) is 5.62. The molecule has 0 saturated carbocycles. The molecular weight excluding hydrogens is 563 g/mol. The number of carbonyl (C=O) groups excluding carboxylic acids is 1. The average molecular weight is 586 g/mol. The van der Waals surface area contributed by atoms with Gasteiger partial charge in [0, 0.05) is 3.57 Å². The predicted molar refractivity (Wildman–Crippen MR) is 144 cm³/mol. The molecule has 0 N–H and O–H groups in total. The lowest BCUT2D eigenvalue weighted by atomic mass is 9.98. The van der Waals surface area contributed by atoms with Crippen LogP contribution < -0.4 is 0 Å². The van der Waals surface area contributed by atoms with Crippen LogP contribution in [0.5, 0.6) is 0 Å². The van der Waals surface area contributed by atoms with Crippen LogP contribution in [0.1, 0.15) is 29.8 Å². The molecule has 2 nitrogen and oxygen atoms in total. The third-order valence-corrected chi connectivity index (χ3v) is 8.46. The minimum absolute atomic E-state index is 0.221. The summed E-state index contributed by atoms with van der Waals surface area (Å²) < 4.78 is 6.85. The van der Waals surface area contributed by atoms with E-state index in [1.54, 1.807) is 12.1 Å². The Bertz CT molecular complexity index is 1200. The van der Waals surface area contributed by atoms with Gasteiger partial charge in [0.2, 0.25) is 0 Å². The van der Waals surface area contributed by atoms with Gasteiger partial charge in [0.05, 0.1) is 21.5 Å². The van der Waals surface area contributed by atoms with Crippen molar-refractivity contribution in [1.29, 1.82) is 0 Å². The molecule has 0 heterocycles. The summed E-state index contributed by atoms with van der Waals surface area (Å²) in [5, 5.41) is 0.396. The summed E-state index contributed by atoms with van der Waals surface area (Å²) in [6.45, 7) is 3.79. The first-order valence-electron chi connectivity index (χ1n) is 10.5. The molecule has 4 rings (SSSR count). The topological polar surface area (TPSA) is 26.3 Å². The number of carbonyl (C=O) groups is 1. The highest BCUT2D eigenvalue weighted by Crippen LogP contribution is 2.34. The molecule has 0 unspecified atom stereocenters. The van der Waals surface area contributed by atoms with Crippen molar-refractivity contribution >= 4 is 51.1 Å². The Kier molecular flexibility index (Phi) is 7.47. The molecule has 4 aromatic rings. The average Bonchev–Trinajstić information content (AvgIpc) is 2.81. The molecule has 0 aliphatic rings. The number of hydrogen-bond acceptors (Lipinski definition) is 2. The van der Waals surface area contributed by atoms with Gasteiger partial charge in [-0.15, -0.1) is 0 Å². The molecule has 0 atom stereocenters. The zero-order chi connectivity index (χ0) is 23.4. The van der Waals surface area contributed by atoms with Gasteiger partial charge in [-0.3, -0.25) is 0 Å². The Hall–Kier alpha value is -2.28.